The lowest BCUT2D eigenvalue weighted by Crippen LogP contribution is -2.41. The summed E-state index contributed by atoms with van der Waals surface area (Å²) in [6.45, 7) is 6.22. The number of benzene rings is 1. The molecule has 0 aromatic heterocycles. The molecule has 0 radical (unpaired) electrons. The first kappa shape index (κ1) is 16.0. The molecule has 2 rings (SSSR count). The molecule has 1 aliphatic heterocycles. The van der Waals surface area contributed by atoms with Gasteiger partial charge in [0.05, 0.1) is 19.1 Å². The highest BCUT2D eigenvalue weighted by Crippen LogP contribution is 2.23. The summed E-state index contributed by atoms with van der Waals surface area (Å²) in [4.78, 5) is 13.8. The predicted molar refractivity (Wildman–Crippen MR) is 82.1 cm³/mol. The van der Waals surface area contributed by atoms with Gasteiger partial charge in [0.1, 0.15) is 0 Å². The summed E-state index contributed by atoms with van der Waals surface area (Å²) < 4.78 is 4.83. The van der Waals surface area contributed by atoms with Crippen molar-refractivity contribution in [3.8, 4) is 0 Å². The Morgan fingerprint density at radius 3 is 2.95 bits per heavy atom. The van der Waals surface area contributed by atoms with E-state index in [2.05, 4.69) is 11.0 Å². The number of esters is 1. The number of piperidine rings is 1. The topological polar surface area (TPSA) is 49.8 Å². The second-order valence-electron chi connectivity index (χ2n) is 6.00. The monoisotopic (exact) mass is 291 g/mol. The number of nitrogens with zero attached hydrogens (tertiary/aromatic N) is 1. The molecule has 0 bridgehead atoms. The normalized spacial score (nSPS) is 21.0. The summed E-state index contributed by atoms with van der Waals surface area (Å²) in [5.41, 5.74) is 3.24. The average Bonchev–Trinajstić information content (AvgIpc) is 2.49. The first-order chi connectivity index (χ1) is 10.0. The summed E-state index contributed by atoms with van der Waals surface area (Å²) in [5, 5.41) is 10.5. The molecule has 2 atom stereocenters. The van der Waals surface area contributed by atoms with Gasteiger partial charge in [-0.3, -0.25) is 9.69 Å². The Balaban J connectivity index is 2.00. The third-order valence-corrected chi connectivity index (χ3v) is 4.26. The zero-order valence-corrected chi connectivity index (χ0v) is 13.1. The van der Waals surface area contributed by atoms with Crippen LogP contribution in [0.2, 0.25) is 0 Å². The van der Waals surface area contributed by atoms with Crippen LogP contribution in [0.3, 0.4) is 0 Å². The van der Waals surface area contributed by atoms with Crippen molar-refractivity contribution in [2.45, 2.75) is 32.8 Å². The number of aliphatic hydroxyl groups excluding tert-OH is 1. The number of aliphatic hydroxyl groups is 1. The van der Waals surface area contributed by atoms with Crippen LogP contribution in [0.4, 0.5) is 0 Å². The van der Waals surface area contributed by atoms with E-state index in [9.17, 15) is 9.90 Å². The minimum absolute atomic E-state index is 0.0606. The quantitative estimate of drug-likeness (QED) is 0.864. The number of aryl methyl sites for hydroxylation is 2. The van der Waals surface area contributed by atoms with Crippen LogP contribution in [0.25, 0.3) is 0 Å². The SMILES string of the molecule is COC(=O)[C@H]1CCCN(C[C@H](O)c2cc(C)ccc2C)C1. The number of carbonyl (C=O) groups is 1. The van der Waals surface area contributed by atoms with E-state index in [0.29, 0.717) is 13.1 Å². The number of carbonyl (C=O) groups excluding carboxylic acids is 1. The minimum Gasteiger partial charge on any atom is -0.469 e. The zero-order valence-electron chi connectivity index (χ0n) is 13.1. The van der Waals surface area contributed by atoms with Crippen molar-refractivity contribution < 1.29 is 14.6 Å². The molecule has 0 spiro atoms. The molecule has 1 saturated heterocycles. The fraction of sp³-hybridized carbons (Fsp3) is 0.588. The lowest BCUT2D eigenvalue weighted by Gasteiger charge is -2.33. The zero-order chi connectivity index (χ0) is 15.4. The first-order valence-corrected chi connectivity index (χ1v) is 7.56. The van der Waals surface area contributed by atoms with E-state index >= 15 is 0 Å². The number of β-amino-alcohol motifs (C(OH)–C–C–N with tert-alkyl or cyclic N) is 1. The van der Waals surface area contributed by atoms with Gasteiger partial charge in [0.2, 0.25) is 0 Å². The van der Waals surface area contributed by atoms with Gasteiger partial charge in [0.25, 0.3) is 0 Å². The van der Waals surface area contributed by atoms with Crippen molar-refractivity contribution in [3.05, 3.63) is 34.9 Å². The molecule has 21 heavy (non-hydrogen) atoms. The second kappa shape index (κ2) is 7.05. The van der Waals surface area contributed by atoms with Gasteiger partial charge >= 0.3 is 5.97 Å². The van der Waals surface area contributed by atoms with Gasteiger partial charge in [-0.05, 0) is 44.4 Å². The fourth-order valence-electron chi connectivity index (χ4n) is 3.04. The molecule has 0 amide bonds. The summed E-state index contributed by atoms with van der Waals surface area (Å²) in [5.74, 6) is -0.199. The van der Waals surface area contributed by atoms with Crippen LogP contribution in [-0.2, 0) is 9.53 Å². The van der Waals surface area contributed by atoms with Gasteiger partial charge < -0.3 is 9.84 Å². The molecule has 0 aliphatic carbocycles. The molecule has 1 fully saturated rings. The van der Waals surface area contributed by atoms with Crippen molar-refractivity contribution in [3.63, 3.8) is 0 Å². The van der Waals surface area contributed by atoms with E-state index in [1.807, 2.05) is 26.0 Å². The Labute approximate surface area is 126 Å². The Kier molecular flexibility index (Phi) is 5.37. The van der Waals surface area contributed by atoms with E-state index in [4.69, 9.17) is 4.74 Å². The van der Waals surface area contributed by atoms with Gasteiger partial charge in [-0.15, -0.1) is 0 Å². The van der Waals surface area contributed by atoms with E-state index < -0.39 is 6.10 Å². The van der Waals surface area contributed by atoms with E-state index in [-0.39, 0.29) is 11.9 Å². The molecule has 1 aromatic rings. The molecule has 1 heterocycles. The minimum atomic E-state index is -0.513. The standard InChI is InChI=1S/C17H25NO3/c1-12-6-7-13(2)15(9-12)16(19)11-18-8-4-5-14(10-18)17(20)21-3/h6-7,9,14,16,19H,4-5,8,10-11H2,1-3H3/t14-,16-/m0/s1. The van der Waals surface area contributed by atoms with Crippen LogP contribution in [0.1, 0.15) is 35.6 Å². The number of hydrogen-bond acceptors (Lipinski definition) is 4. The summed E-state index contributed by atoms with van der Waals surface area (Å²) >= 11 is 0. The van der Waals surface area contributed by atoms with Crippen LogP contribution in [0, 0.1) is 19.8 Å². The van der Waals surface area contributed by atoms with Crippen molar-refractivity contribution in [2.75, 3.05) is 26.7 Å². The van der Waals surface area contributed by atoms with E-state index in [1.54, 1.807) is 0 Å². The van der Waals surface area contributed by atoms with Gasteiger partial charge in [-0.2, -0.15) is 0 Å². The molecule has 116 valence electrons. The Hall–Kier alpha value is -1.39. The first-order valence-electron chi connectivity index (χ1n) is 7.56. The maximum Gasteiger partial charge on any atom is 0.309 e. The molecule has 1 N–H and O–H groups in total. The Bertz CT molecular complexity index is 501. The molecular weight excluding hydrogens is 266 g/mol. The van der Waals surface area contributed by atoms with Crippen molar-refractivity contribution in [1.82, 2.24) is 4.90 Å². The second-order valence-corrected chi connectivity index (χ2v) is 6.00. The highest BCUT2D eigenvalue weighted by Gasteiger charge is 2.27. The lowest BCUT2D eigenvalue weighted by molar-refractivity contribution is -0.147. The van der Waals surface area contributed by atoms with Gasteiger partial charge in [0.15, 0.2) is 0 Å². The van der Waals surface area contributed by atoms with Crippen molar-refractivity contribution in [1.29, 1.82) is 0 Å². The molecule has 0 unspecified atom stereocenters. The van der Waals surface area contributed by atoms with Crippen LogP contribution < -0.4 is 0 Å². The predicted octanol–water partition coefficient (Wildman–Crippen LogP) is 2.22. The third kappa shape index (κ3) is 4.05. The molecule has 4 nitrogen and oxygen atoms in total. The van der Waals surface area contributed by atoms with Gasteiger partial charge in [-0.1, -0.05) is 23.8 Å². The lowest BCUT2D eigenvalue weighted by atomic mass is 9.96. The molecule has 1 aliphatic rings. The average molecular weight is 291 g/mol. The number of methoxy groups -OCH3 is 1. The maximum atomic E-state index is 11.7. The number of likely N-dealkylation sites (tertiary alicyclic amines) is 1. The Morgan fingerprint density at radius 2 is 2.24 bits per heavy atom. The van der Waals surface area contributed by atoms with Crippen LogP contribution in [0.15, 0.2) is 18.2 Å². The van der Waals surface area contributed by atoms with Crippen molar-refractivity contribution >= 4 is 5.97 Å². The Morgan fingerprint density at radius 1 is 1.48 bits per heavy atom. The van der Waals surface area contributed by atoms with E-state index in [0.717, 1.165) is 36.1 Å². The fourth-order valence-corrected chi connectivity index (χ4v) is 3.04. The van der Waals surface area contributed by atoms with Gasteiger partial charge in [-0.25, -0.2) is 0 Å². The highest BCUT2D eigenvalue weighted by atomic mass is 16.5. The number of ether oxygens (including phenoxy) is 1. The highest BCUT2D eigenvalue weighted by molar-refractivity contribution is 5.72. The summed E-state index contributed by atoms with van der Waals surface area (Å²) in [6.07, 6.45) is 1.34. The summed E-state index contributed by atoms with van der Waals surface area (Å²) in [6, 6.07) is 6.14. The van der Waals surface area contributed by atoms with Crippen molar-refractivity contribution in [2.24, 2.45) is 5.92 Å². The number of rotatable bonds is 4. The van der Waals surface area contributed by atoms with Gasteiger partial charge in [0, 0.05) is 13.1 Å². The molecular formula is C17H25NO3. The van der Waals surface area contributed by atoms with Crippen LogP contribution >= 0.6 is 0 Å². The molecule has 1 aromatic carbocycles. The maximum absolute atomic E-state index is 11.7. The smallest absolute Gasteiger partial charge is 0.309 e. The largest absolute Gasteiger partial charge is 0.469 e. The molecule has 0 saturated carbocycles. The summed E-state index contributed by atoms with van der Waals surface area (Å²) in [7, 11) is 1.44. The third-order valence-electron chi connectivity index (χ3n) is 4.26. The molecule has 4 heteroatoms. The number of hydrogen-bond donors (Lipinski definition) is 1. The van der Waals surface area contributed by atoms with Crippen LogP contribution in [0.5, 0.6) is 0 Å². The van der Waals surface area contributed by atoms with Crippen LogP contribution in [-0.4, -0.2) is 42.7 Å². The van der Waals surface area contributed by atoms with E-state index in [1.165, 1.54) is 7.11 Å².